The lowest BCUT2D eigenvalue weighted by atomic mass is 9.95. The zero-order valence-corrected chi connectivity index (χ0v) is 13.7. The molecule has 3 rings (SSSR count). The van der Waals surface area contributed by atoms with Gasteiger partial charge in [0.1, 0.15) is 0 Å². The predicted molar refractivity (Wildman–Crippen MR) is 89.2 cm³/mol. The van der Waals surface area contributed by atoms with E-state index in [1.807, 2.05) is 0 Å². The van der Waals surface area contributed by atoms with Crippen LogP contribution in [0, 0.1) is 0 Å². The van der Waals surface area contributed by atoms with Crippen LogP contribution in [0.2, 0.25) is 0 Å². The fourth-order valence-corrected chi connectivity index (χ4v) is 4.20. The van der Waals surface area contributed by atoms with Crippen molar-refractivity contribution in [3.05, 3.63) is 23.0 Å². The molecule has 0 aromatic heterocycles. The maximum Gasteiger partial charge on any atom is 0.0998 e. The molecule has 0 saturated heterocycles. The lowest BCUT2D eigenvalue weighted by Gasteiger charge is -2.26. The van der Waals surface area contributed by atoms with Crippen LogP contribution >= 0.6 is 0 Å². The molecule has 3 aliphatic rings. The number of ether oxygens (including phenoxy) is 1. The van der Waals surface area contributed by atoms with Gasteiger partial charge in [0, 0.05) is 6.42 Å². The van der Waals surface area contributed by atoms with Crippen LogP contribution in [-0.2, 0) is 4.74 Å². The fraction of sp³-hybridized carbons (Fsp3) is 0.800. The van der Waals surface area contributed by atoms with Crippen LogP contribution in [0.4, 0.5) is 0 Å². The van der Waals surface area contributed by atoms with E-state index >= 15 is 0 Å². The number of allylic oxidation sites excluding steroid dienone is 4. The van der Waals surface area contributed by atoms with Crippen molar-refractivity contribution in [3.63, 3.8) is 0 Å². The minimum absolute atomic E-state index is 0.522. The van der Waals surface area contributed by atoms with Crippen molar-refractivity contribution in [2.24, 2.45) is 0 Å². The van der Waals surface area contributed by atoms with E-state index in [-0.39, 0.29) is 0 Å². The van der Waals surface area contributed by atoms with Gasteiger partial charge in [-0.25, -0.2) is 0 Å². The van der Waals surface area contributed by atoms with Crippen molar-refractivity contribution in [1.29, 1.82) is 0 Å². The first kappa shape index (κ1) is 15.2. The van der Waals surface area contributed by atoms with Crippen LogP contribution in [0.3, 0.4) is 0 Å². The second kappa shape index (κ2) is 8.06. The molecule has 0 N–H and O–H groups in total. The lowest BCUT2D eigenvalue weighted by molar-refractivity contribution is 0.0750. The minimum Gasteiger partial charge on any atom is -0.494 e. The highest BCUT2D eigenvalue weighted by atomic mass is 16.5. The first-order valence-corrected chi connectivity index (χ1v) is 9.51. The highest BCUT2D eigenvalue weighted by Crippen LogP contribution is 2.35. The first-order valence-electron chi connectivity index (χ1n) is 9.51. The highest BCUT2D eigenvalue weighted by Gasteiger charge is 2.21. The summed E-state index contributed by atoms with van der Waals surface area (Å²) in [7, 11) is 0. The first-order chi connectivity index (χ1) is 10.4. The normalized spacial score (nSPS) is 26.0. The van der Waals surface area contributed by atoms with Crippen LogP contribution in [0.1, 0.15) is 96.3 Å². The molecule has 3 aliphatic carbocycles. The van der Waals surface area contributed by atoms with Crippen molar-refractivity contribution in [3.8, 4) is 0 Å². The molecule has 0 aliphatic heterocycles. The summed E-state index contributed by atoms with van der Waals surface area (Å²) in [5.74, 6) is 1.40. The van der Waals surface area contributed by atoms with Gasteiger partial charge >= 0.3 is 0 Å². The summed E-state index contributed by atoms with van der Waals surface area (Å²) < 4.78 is 6.56. The monoisotopic (exact) mass is 288 g/mol. The summed E-state index contributed by atoms with van der Waals surface area (Å²) in [5.41, 5.74) is 3.28. The Bertz CT molecular complexity index is 385. The van der Waals surface area contributed by atoms with E-state index < -0.39 is 0 Å². The summed E-state index contributed by atoms with van der Waals surface area (Å²) >= 11 is 0. The van der Waals surface area contributed by atoms with Gasteiger partial charge in [0.2, 0.25) is 0 Å². The van der Waals surface area contributed by atoms with Crippen molar-refractivity contribution in [2.75, 3.05) is 0 Å². The summed E-state index contributed by atoms with van der Waals surface area (Å²) in [5, 5.41) is 0. The third-order valence-corrected chi connectivity index (χ3v) is 5.46. The standard InChI is InChI=1S/C20H32O/c1-2-6-12-17(11-5-1)19-15-9-4-10-16-20(19)21-18-13-7-3-8-14-18/h11,18H,1-10,12-16H2. The largest absolute Gasteiger partial charge is 0.494 e. The van der Waals surface area contributed by atoms with E-state index in [0.717, 1.165) is 0 Å². The maximum atomic E-state index is 6.56. The van der Waals surface area contributed by atoms with Crippen LogP contribution in [-0.4, -0.2) is 6.10 Å². The average Bonchev–Trinajstić information content (AvgIpc) is 2.91. The molecule has 0 amide bonds. The van der Waals surface area contributed by atoms with Crippen LogP contribution in [0.5, 0.6) is 0 Å². The summed E-state index contributed by atoms with van der Waals surface area (Å²) in [4.78, 5) is 0. The molecule has 0 aromatic carbocycles. The van der Waals surface area contributed by atoms with Gasteiger partial charge in [-0.2, -0.15) is 0 Å². The van der Waals surface area contributed by atoms with Gasteiger partial charge in [-0.15, -0.1) is 0 Å². The van der Waals surface area contributed by atoms with E-state index in [9.17, 15) is 0 Å². The zero-order chi connectivity index (χ0) is 14.3. The van der Waals surface area contributed by atoms with Crippen molar-refractivity contribution >= 4 is 0 Å². The van der Waals surface area contributed by atoms with E-state index in [4.69, 9.17) is 4.74 Å². The second-order valence-corrected chi connectivity index (χ2v) is 7.17. The van der Waals surface area contributed by atoms with Gasteiger partial charge in [0.05, 0.1) is 11.9 Å². The Hall–Kier alpha value is -0.720. The third kappa shape index (κ3) is 4.37. The SMILES string of the molecule is C1=C(C2=C(OC3CCCCC3)CCCCC2)CCCCC1. The molecular weight excluding hydrogens is 256 g/mol. The van der Waals surface area contributed by atoms with Gasteiger partial charge in [-0.3, -0.25) is 0 Å². The van der Waals surface area contributed by atoms with Crippen LogP contribution < -0.4 is 0 Å². The Kier molecular flexibility index (Phi) is 5.83. The lowest BCUT2D eigenvalue weighted by Crippen LogP contribution is -2.17. The fourth-order valence-electron chi connectivity index (χ4n) is 4.20. The van der Waals surface area contributed by atoms with Gasteiger partial charge in [0.25, 0.3) is 0 Å². The Balaban J connectivity index is 1.76. The molecule has 0 spiro atoms. The smallest absolute Gasteiger partial charge is 0.0998 e. The molecule has 1 heteroatoms. The van der Waals surface area contributed by atoms with Gasteiger partial charge < -0.3 is 4.74 Å². The average molecular weight is 288 g/mol. The maximum absolute atomic E-state index is 6.56. The topological polar surface area (TPSA) is 9.23 Å². The van der Waals surface area contributed by atoms with Gasteiger partial charge in [-0.1, -0.05) is 25.3 Å². The molecule has 0 aromatic rings. The summed E-state index contributed by atoms with van der Waals surface area (Å²) in [6.07, 6.45) is 23.1. The van der Waals surface area contributed by atoms with E-state index in [2.05, 4.69) is 6.08 Å². The molecule has 1 fully saturated rings. The Morgan fingerprint density at radius 1 is 0.714 bits per heavy atom. The van der Waals surface area contributed by atoms with Crippen LogP contribution in [0.15, 0.2) is 23.0 Å². The van der Waals surface area contributed by atoms with Crippen LogP contribution in [0.25, 0.3) is 0 Å². The molecule has 0 atom stereocenters. The highest BCUT2D eigenvalue weighted by molar-refractivity contribution is 5.34. The van der Waals surface area contributed by atoms with E-state index in [0.29, 0.717) is 6.10 Å². The molecular formula is C20H32O. The molecule has 1 nitrogen and oxygen atoms in total. The Labute approximate surface area is 130 Å². The predicted octanol–water partition coefficient (Wildman–Crippen LogP) is 6.44. The van der Waals surface area contributed by atoms with Gasteiger partial charge in [-0.05, 0) is 81.8 Å². The van der Waals surface area contributed by atoms with Crippen molar-refractivity contribution in [1.82, 2.24) is 0 Å². The Morgan fingerprint density at radius 3 is 2.33 bits per heavy atom. The molecule has 0 bridgehead atoms. The second-order valence-electron chi connectivity index (χ2n) is 7.17. The molecule has 0 radical (unpaired) electrons. The van der Waals surface area contributed by atoms with E-state index in [1.165, 1.54) is 102 Å². The molecule has 118 valence electrons. The zero-order valence-electron chi connectivity index (χ0n) is 13.7. The summed E-state index contributed by atoms with van der Waals surface area (Å²) in [6.45, 7) is 0. The van der Waals surface area contributed by atoms with Crippen molar-refractivity contribution in [2.45, 2.75) is 102 Å². The number of hydrogen-bond donors (Lipinski definition) is 0. The summed E-state index contributed by atoms with van der Waals surface area (Å²) in [6, 6.07) is 0. The minimum atomic E-state index is 0.522. The third-order valence-electron chi connectivity index (χ3n) is 5.46. The molecule has 0 heterocycles. The number of hydrogen-bond acceptors (Lipinski definition) is 1. The van der Waals surface area contributed by atoms with Crippen molar-refractivity contribution < 1.29 is 4.74 Å². The molecule has 0 unspecified atom stereocenters. The van der Waals surface area contributed by atoms with Gasteiger partial charge in [0.15, 0.2) is 0 Å². The molecule has 21 heavy (non-hydrogen) atoms. The quantitative estimate of drug-likeness (QED) is 0.580. The molecule has 1 saturated carbocycles. The van der Waals surface area contributed by atoms with E-state index in [1.54, 1.807) is 11.1 Å². The Morgan fingerprint density at radius 2 is 1.43 bits per heavy atom. The number of rotatable bonds is 3.